The van der Waals surface area contributed by atoms with Crippen molar-refractivity contribution < 1.29 is 37.0 Å². The average molecular weight is 618 g/mol. The molecule has 232 valence electrons. The quantitative estimate of drug-likeness (QED) is 0.229. The van der Waals surface area contributed by atoms with Crippen LogP contribution in [0.2, 0.25) is 0 Å². The van der Waals surface area contributed by atoms with Gasteiger partial charge in [0.05, 0.1) is 17.0 Å². The zero-order valence-electron chi connectivity index (χ0n) is 23.9. The predicted octanol–water partition coefficient (Wildman–Crippen LogP) is 3.50. The van der Waals surface area contributed by atoms with E-state index in [1.807, 2.05) is 18.2 Å². The lowest BCUT2D eigenvalue weighted by molar-refractivity contribution is -0.122. The first-order valence-electron chi connectivity index (χ1n) is 14.0. The van der Waals surface area contributed by atoms with Crippen molar-refractivity contribution in [3.63, 3.8) is 0 Å². The Bertz CT molecular complexity index is 1440. The SMILES string of the molecule is CCc1cccc(CNC[C@@H](O)[C@H](Cc2cc(F)cc(F)c2)NC(=O)c2ccc(S(=O)(=O)N3CCCC3)cc2)c1.O=CO. The van der Waals surface area contributed by atoms with Crippen LogP contribution in [0.15, 0.2) is 71.6 Å². The summed E-state index contributed by atoms with van der Waals surface area (Å²) in [5.41, 5.74) is 2.72. The van der Waals surface area contributed by atoms with Crippen molar-refractivity contribution in [2.45, 2.75) is 56.2 Å². The molecule has 0 spiro atoms. The second-order valence-electron chi connectivity index (χ2n) is 10.2. The summed E-state index contributed by atoms with van der Waals surface area (Å²) in [5, 5.41) is 23.8. The van der Waals surface area contributed by atoms with Crippen LogP contribution in [0.3, 0.4) is 0 Å². The zero-order valence-corrected chi connectivity index (χ0v) is 24.7. The van der Waals surface area contributed by atoms with E-state index >= 15 is 0 Å². The van der Waals surface area contributed by atoms with E-state index in [0.717, 1.165) is 43.0 Å². The van der Waals surface area contributed by atoms with Crippen LogP contribution in [0.4, 0.5) is 8.78 Å². The van der Waals surface area contributed by atoms with Crippen molar-refractivity contribution in [1.29, 1.82) is 0 Å². The Morgan fingerprint density at radius 1 is 0.977 bits per heavy atom. The van der Waals surface area contributed by atoms with Crippen molar-refractivity contribution in [2.24, 2.45) is 0 Å². The molecule has 3 aromatic rings. The fourth-order valence-electron chi connectivity index (χ4n) is 4.84. The zero-order chi connectivity index (χ0) is 31.4. The van der Waals surface area contributed by atoms with Crippen molar-refractivity contribution in [3.05, 3.63) is 101 Å². The van der Waals surface area contributed by atoms with E-state index in [0.29, 0.717) is 19.6 Å². The molecule has 4 rings (SSSR count). The monoisotopic (exact) mass is 617 g/mol. The van der Waals surface area contributed by atoms with Crippen LogP contribution in [0.25, 0.3) is 0 Å². The molecule has 0 bridgehead atoms. The Hall–Kier alpha value is -3.71. The van der Waals surface area contributed by atoms with E-state index < -0.39 is 39.7 Å². The van der Waals surface area contributed by atoms with Crippen molar-refractivity contribution in [2.75, 3.05) is 19.6 Å². The summed E-state index contributed by atoms with van der Waals surface area (Å²) < 4.78 is 54.7. The molecule has 1 aliphatic heterocycles. The van der Waals surface area contributed by atoms with Crippen LogP contribution in [-0.2, 0) is 34.2 Å². The van der Waals surface area contributed by atoms with Crippen LogP contribution < -0.4 is 10.6 Å². The molecule has 0 aromatic heterocycles. The first-order valence-corrected chi connectivity index (χ1v) is 15.4. The Morgan fingerprint density at radius 3 is 2.19 bits per heavy atom. The third kappa shape index (κ3) is 9.92. The van der Waals surface area contributed by atoms with Gasteiger partial charge in [0.25, 0.3) is 12.4 Å². The van der Waals surface area contributed by atoms with Gasteiger partial charge in [-0.15, -0.1) is 0 Å². The normalized spacial score (nSPS) is 14.8. The van der Waals surface area contributed by atoms with Gasteiger partial charge in [0.2, 0.25) is 10.0 Å². The average Bonchev–Trinajstić information content (AvgIpc) is 3.53. The summed E-state index contributed by atoms with van der Waals surface area (Å²) in [6.45, 7) is 3.38. The van der Waals surface area contributed by atoms with Crippen LogP contribution in [0.5, 0.6) is 0 Å². The largest absolute Gasteiger partial charge is 0.483 e. The van der Waals surface area contributed by atoms with Gasteiger partial charge in [-0.05, 0) is 78.8 Å². The molecule has 1 aliphatic rings. The molecule has 1 saturated heterocycles. The van der Waals surface area contributed by atoms with Gasteiger partial charge in [0.15, 0.2) is 0 Å². The van der Waals surface area contributed by atoms with Gasteiger partial charge in [-0.2, -0.15) is 4.31 Å². The number of halogens is 2. The molecule has 1 fully saturated rings. The Balaban J connectivity index is 0.00000162. The second kappa shape index (κ2) is 16.2. The van der Waals surface area contributed by atoms with Crippen molar-refractivity contribution in [3.8, 4) is 0 Å². The number of rotatable bonds is 12. The fourth-order valence-corrected chi connectivity index (χ4v) is 6.36. The van der Waals surface area contributed by atoms with Gasteiger partial charge >= 0.3 is 0 Å². The van der Waals surface area contributed by atoms with Gasteiger partial charge in [0, 0.05) is 37.8 Å². The molecule has 0 unspecified atom stereocenters. The third-order valence-corrected chi connectivity index (χ3v) is 8.97. The summed E-state index contributed by atoms with van der Waals surface area (Å²) in [4.78, 5) is 21.6. The Morgan fingerprint density at radius 2 is 1.58 bits per heavy atom. The number of carbonyl (C=O) groups excluding carboxylic acids is 1. The van der Waals surface area contributed by atoms with Gasteiger partial charge < -0.3 is 20.8 Å². The van der Waals surface area contributed by atoms with Gasteiger partial charge in [-0.1, -0.05) is 31.2 Å². The number of aliphatic hydroxyl groups excluding tert-OH is 1. The van der Waals surface area contributed by atoms with Crippen LogP contribution >= 0.6 is 0 Å². The number of carboxylic acid groups (broad SMARTS) is 1. The lowest BCUT2D eigenvalue weighted by atomic mass is 10.00. The lowest BCUT2D eigenvalue weighted by Crippen LogP contribution is -2.48. The number of aryl methyl sites for hydroxylation is 1. The van der Waals surface area contributed by atoms with Gasteiger partial charge in [-0.3, -0.25) is 9.59 Å². The summed E-state index contributed by atoms with van der Waals surface area (Å²) >= 11 is 0. The molecule has 0 saturated carbocycles. The minimum atomic E-state index is -3.62. The van der Waals surface area contributed by atoms with Gasteiger partial charge in [-0.25, -0.2) is 17.2 Å². The number of aliphatic hydroxyl groups is 1. The van der Waals surface area contributed by atoms with E-state index in [9.17, 15) is 27.1 Å². The smallest absolute Gasteiger partial charge is 0.290 e. The highest BCUT2D eigenvalue weighted by atomic mass is 32.2. The number of hydrogen-bond donors (Lipinski definition) is 4. The summed E-state index contributed by atoms with van der Waals surface area (Å²) in [6.07, 6.45) is 1.44. The molecule has 1 heterocycles. The molecule has 1 amide bonds. The number of hydrogen-bond acceptors (Lipinski definition) is 6. The highest BCUT2D eigenvalue weighted by Gasteiger charge is 2.28. The summed E-state index contributed by atoms with van der Waals surface area (Å²) in [7, 11) is -3.62. The highest BCUT2D eigenvalue weighted by Crippen LogP contribution is 2.21. The summed E-state index contributed by atoms with van der Waals surface area (Å²) in [5.74, 6) is -2.04. The number of benzene rings is 3. The van der Waals surface area contributed by atoms with E-state index in [4.69, 9.17) is 9.90 Å². The standard InChI is InChI=1S/C30H35F2N3O4S.CH2O2/c1-2-21-6-5-7-22(14-21)19-33-20-29(36)28(17-23-15-25(31)18-26(32)16-23)34-30(37)24-8-10-27(11-9-24)40(38,39)35-12-3-4-13-35;2-1-3/h5-11,14-16,18,28-29,33,36H,2-4,12-13,17,19-20H2,1H3,(H,34,37);1H,(H,2,3)/t28-,29+;/m0./s1. The van der Waals surface area contributed by atoms with E-state index in [1.165, 1.54) is 34.1 Å². The topological polar surface area (TPSA) is 136 Å². The lowest BCUT2D eigenvalue weighted by Gasteiger charge is -2.25. The Labute approximate surface area is 250 Å². The maximum atomic E-state index is 13.9. The molecule has 3 aromatic carbocycles. The van der Waals surface area contributed by atoms with Gasteiger partial charge in [0.1, 0.15) is 11.6 Å². The molecule has 12 heteroatoms. The number of nitrogens with one attached hydrogen (secondary N) is 2. The Kier molecular flexibility index (Phi) is 12.7. The first-order chi connectivity index (χ1) is 20.6. The summed E-state index contributed by atoms with van der Waals surface area (Å²) in [6, 6.07) is 15.9. The molecular formula is C31H37F2N3O6S. The molecule has 0 radical (unpaired) electrons. The molecule has 4 N–H and O–H groups in total. The minimum Gasteiger partial charge on any atom is -0.483 e. The molecule has 2 atom stereocenters. The maximum absolute atomic E-state index is 13.9. The fraction of sp³-hybridized carbons (Fsp3) is 0.355. The third-order valence-electron chi connectivity index (χ3n) is 7.06. The first kappa shape index (κ1) is 33.8. The maximum Gasteiger partial charge on any atom is 0.290 e. The van der Waals surface area contributed by atoms with Crippen LogP contribution in [0.1, 0.15) is 46.8 Å². The number of sulfonamides is 1. The van der Waals surface area contributed by atoms with E-state index in [-0.39, 0.29) is 35.5 Å². The van der Waals surface area contributed by atoms with Crippen LogP contribution in [-0.4, -0.2) is 67.1 Å². The highest BCUT2D eigenvalue weighted by molar-refractivity contribution is 7.89. The number of nitrogens with zero attached hydrogens (tertiary/aromatic N) is 1. The van der Waals surface area contributed by atoms with E-state index in [2.05, 4.69) is 23.6 Å². The minimum absolute atomic E-state index is 0.0178. The second-order valence-corrected chi connectivity index (χ2v) is 12.1. The number of amides is 1. The molecule has 0 aliphatic carbocycles. The number of carbonyl (C=O) groups is 2. The van der Waals surface area contributed by atoms with Crippen LogP contribution in [0, 0.1) is 11.6 Å². The molecule has 43 heavy (non-hydrogen) atoms. The van der Waals surface area contributed by atoms with Crippen molar-refractivity contribution in [1.82, 2.24) is 14.9 Å². The molecule has 9 nitrogen and oxygen atoms in total. The predicted molar refractivity (Wildman–Crippen MR) is 158 cm³/mol. The van der Waals surface area contributed by atoms with E-state index in [1.54, 1.807) is 0 Å². The molecular weight excluding hydrogens is 580 g/mol. The van der Waals surface area contributed by atoms with Crippen molar-refractivity contribution >= 4 is 22.4 Å².